The molecule has 1 aromatic heterocycles. The molecular formula is C19H20N2O5S. The van der Waals surface area contributed by atoms with Crippen molar-refractivity contribution in [2.24, 2.45) is 5.41 Å². The molecule has 2 saturated heterocycles. The van der Waals surface area contributed by atoms with Gasteiger partial charge in [0, 0.05) is 30.0 Å². The van der Waals surface area contributed by atoms with Gasteiger partial charge in [0.1, 0.15) is 11.9 Å². The van der Waals surface area contributed by atoms with Crippen LogP contribution in [0.2, 0.25) is 0 Å². The molecule has 3 atom stereocenters. The third-order valence-electron chi connectivity index (χ3n) is 5.05. The third kappa shape index (κ3) is 2.93. The maximum absolute atomic E-state index is 12.5. The molecule has 0 amide bonds. The largest absolute Gasteiger partial charge is 0.497 e. The average Bonchev–Trinajstić information content (AvgIpc) is 3.27. The summed E-state index contributed by atoms with van der Waals surface area (Å²) in [7, 11) is 1.61. The molecule has 0 aliphatic carbocycles. The molecule has 8 heteroatoms. The van der Waals surface area contributed by atoms with Crippen molar-refractivity contribution in [3.05, 3.63) is 35.3 Å². The molecule has 2 aliphatic rings. The number of anilines is 2. The molecule has 27 heavy (non-hydrogen) atoms. The Kier molecular flexibility index (Phi) is 4.10. The second kappa shape index (κ2) is 6.23. The van der Waals surface area contributed by atoms with Crippen LogP contribution in [0.3, 0.4) is 0 Å². The van der Waals surface area contributed by atoms with Gasteiger partial charge in [0.05, 0.1) is 12.8 Å². The number of carbonyl (C=O) groups excluding carboxylic acids is 2. The lowest BCUT2D eigenvalue weighted by Gasteiger charge is -2.20. The lowest BCUT2D eigenvalue weighted by atomic mass is 9.78. The van der Waals surface area contributed by atoms with Gasteiger partial charge < -0.3 is 19.5 Å². The van der Waals surface area contributed by atoms with E-state index in [4.69, 9.17) is 14.2 Å². The molecule has 1 N–H and O–H groups in total. The number of hydrogen-bond acceptors (Lipinski definition) is 8. The summed E-state index contributed by atoms with van der Waals surface area (Å²) in [6.45, 7) is 3.58. The normalized spacial score (nSPS) is 29.7. The molecule has 0 bridgehead atoms. The number of hydrogen-bond donors (Lipinski definition) is 1. The van der Waals surface area contributed by atoms with Crippen molar-refractivity contribution in [2.75, 3.05) is 12.4 Å². The lowest BCUT2D eigenvalue weighted by Crippen LogP contribution is -2.31. The predicted molar refractivity (Wildman–Crippen MR) is 99.1 cm³/mol. The summed E-state index contributed by atoms with van der Waals surface area (Å²) in [6, 6.07) is 7.51. The summed E-state index contributed by atoms with van der Waals surface area (Å²) in [6.07, 6.45) is 0.303. The van der Waals surface area contributed by atoms with Crippen molar-refractivity contribution < 1.29 is 23.8 Å². The van der Waals surface area contributed by atoms with Gasteiger partial charge in [-0.2, -0.15) is 0 Å². The van der Waals surface area contributed by atoms with Crippen molar-refractivity contribution in [3.63, 3.8) is 0 Å². The number of thiazole rings is 1. The highest BCUT2D eigenvalue weighted by molar-refractivity contribution is 7.13. The third-order valence-corrected chi connectivity index (χ3v) is 5.81. The number of carbonyl (C=O) groups is 2. The summed E-state index contributed by atoms with van der Waals surface area (Å²) in [5.41, 5.74) is -0.702. The molecule has 2 aliphatic heterocycles. The van der Waals surface area contributed by atoms with Crippen LogP contribution in [-0.4, -0.2) is 30.1 Å². The zero-order valence-corrected chi connectivity index (χ0v) is 16.1. The first-order valence-corrected chi connectivity index (χ1v) is 9.54. The maximum Gasteiger partial charge on any atom is 0.324 e. The molecule has 1 aromatic carbocycles. The van der Waals surface area contributed by atoms with Gasteiger partial charge in [0.15, 0.2) is 16.1 Å². The number of aromatic nitrogens is 1. The Morgan fingerprint density at radius 2 is 2.15 bits per heavy atom. The maximum atomic E-state index is 12.5. The Morgan fingerprint density at radius 3 is 2.85 bits per heavy atom. The smallest absolute Gasteiger partial charge is 0.324 e. The molecule has 0 saturated carbocycles. The van der Waals surface area contributed by atoms with E-state index >= 15 is 0 Å². The summed E-state index contributed by atoms with van der Waals surface area (Å²) in [4.78, 5) is 29.4. The molecule has 3 heterocycles. The Balaban J connectivity index is 1.56. The van der Waals surface area contributed by atoms with Crippen LogP contribution in [0.15, 0.2) is 29.6 Å². The number of ether oxygens (including phenoxy) is 3. The Morgan fingerprint density at radius 1 is 1.33 bits per heavy atom. The second-order valence-electron chi connectivity index (χ2n) is 7.19. The van der Waals surface area contributed by atoms with E-state index in [1.54, 1.807) is 21.0 Å². The molecule has 2 fully saturated rings. The van der Waals surface area contributed by atoms with Gasteiger partial charge in [0.2, 0.25) is 0 Å². The summed E-state index contributed by atoms with van der Waals surface area (Å²) >= 11 is 1.41. The van der Waals surface area contributed by atoms with Crippen molar-refractivity contribution in [3.8, 4) is 5.75 Å². The molecular weight excluding hydrogens is 368 g/mol. The van der Waals surface area contributed by atoms with Crippen molar-refractivity contribution >= 4 is 34.1 Å². The van der Waals surface area contributed by atoms with E-state index in [9.17, 15) is 9.59 Å². The van der Waals surface area contributed by atoms with E-state index in [1.165, 1.54) is 11.3 Å². The Hall–Kier alpha value is -2.61. The van der Waals surface area contributed by atoms with Gasteiger partial charge in [-0.3, -0.25) is 9.59 Å². The first kappa shape index (κ1) is 17.8. The number of cyclic esters (lactones) is 2. The SMILES string of the molecule is COc1cccc(Nc2nc(C3(C)CC4(CC(C)OC4=O)C(=O)O3)cs2)c1. The van der Waals surface area contributed by atoms with Crippen LogP contribution in [0.5, 0.6) is 5.75 Å². The zero-order valence-electron chi connectivity index (χ0n) is 15.3. The molecule has 3 unspecified atom stereocenters. The summed E-state index contributed by atoms with van der Waals surface area (Å²) in [5.74, 6) is -0.271. The van der Waals surface area contributed by atoms with Crippen LogP contribution in [0.4, 0.5) is 10.8 Å². The monoisotopic (exact) mass is 388 g/mol. The Bertz CT molecular complexity index is 913. The Labute approximate surface area is 160 Å². The highest BCUT2D eigenvalue weighted by atomic mass is 32.1. The highest BCUT2D eigenvalue weighted by Gasteiger charge is 2.65. The van der Waals surface area contributed by atoms with Crippen molar-refractivity contribution in [2.45, 2.75) is 38.4 Å². The molecule has 0 radical (unpaired) electrons. The molecule has 1 spiro atoms. The van der Waals surface area contributed by atoms with E-state index in [0.29, 0.717) is 17.2 Å². The van der Waals surface area contributed by atoms with Crippen molar-refractivity contribution in [1.82, 2.24) is 4.98 Å². The minimum absolute atomic E-state index is 0.240. The minimum Gasteiger partial charge on any atom is -0.497 e. The minimum atomic E-state index is -1.21. The van der Waals surface area contributed by atoms with Crippen LogP contribution in [0.25, 0.3) is 0 Å². The number of esters is 2. The fourth-order valence-electron chi connectivity index (χ4n) is 3.75. The van der Waals surface area contributed by atoms with Crippen LogP contribution in [0, 0.1) is 5.41 Å². The van der Waals surface area contributed by atoms with Crippen molar-refractivity contribution in [1.29, 1.82) is 0 Å². The van der Waals surface area contributed by atoms with Gasteiger partial charge in [-0.25, -0.2) is 4.98 Å². The molecule has 2 aromatic rings. The summed E-state index contributed by atoms with van der Waals surface area (Å²) < 4.78 is 16.1. The zero-order chi connectivity index (χ0) is 19.2. The fourth-order valence-corrected chi connectivity index (χ4v) is 4.60. The second-order valence-corrected chi connectivity index (χ2v) is 8.05. The van der Waals surface area contributed by atoms with Crippen LogP contribution in [0.1, 0.15) is 32.4 Å². The van der Waals surface area contributed by atoms with E-state index in [0.717, 1.165) is 11.4 Å². The lowest BCUT2D eigenvalue weighted by molar-refractivity contribution is -0.160. The fraction of sp³-hybridized carbons (Fsp3) is 0.421. The van der Waals surface area contributed by atoms with Crippen LogP contribution in [-0.2, 0) is 24.7 Å². The topological polar surface area (TPSA) is 86.8 Å². The predicted octanol–water partition coefficient (Wildman–Crippen LogP) is 3.38. The van der Waals surface area contributed by atoms with E-state index in [1.807, 2.05) is 29.6 Å². The molecule has 4 rings (SSSR count). The van der Waals surface area contributed by atoms with Crippen LogP contribution < -0.4 is 10.1 Å². The average molecular weight is 388 g/mol. The first-order valence-electron chi connectivity index (χ1n) is 8.66. The van der Waals surface area contributed by atoms with Gasteiger partial charge in [-0.05, 0) is 26.0 Å². The summed E-state index contributed by atoms with van der Waals surface area (Å²) in [5, 5.41) is 5.73. The number of rotatable bonds is 4. The number of methoxy groups -OCH3 is 1. The standard InChI is InChI=1S/C19H20N2O5S/c1-11-8-19(15(22)25-11)10-18(2,26-16(19)23)14-9-27-17(21-14)20-12-5-4-6-13(7-12)24-3/h4-7,9,11H,8,10H2,1-3H3,(H,20,21). The number of benzene rings is 1. The van der Waals surface area contributed by atoms with E-state index < -0.39 is 23.0 Å². The highest BCUT2D eigenvalue weighted by Crippen LogP contribution is 2.52. The van der Waals surface area contributed by atoms with Gasteiger partial charge in [-0.15, -0.1) is 11.3 Å². The van der Waals surface area contributed by atoms with E-state index in [2.05, 4.69) is 10.3 Å². The first-order chi connectivity index (χ1) is 12.8. The number of nitrogens with one attached hydrogen (secondary N) is 1. The number of nitrogens with zero attached hydrogens (tertiary/aromatic N) is 1. The van der Waals surface area contributed by atoms with E-state index in [-0.39, 0.29) is 12.5 Å². The van der Waals surface area contributed by atoms with Gasteiger partial charge in [0.25, 0.3) is 0 Å². The van der Waals surface area contributed by atoms with Crippen LogP contribution >= 0.6 is 11.3 Å². The molecule has 142 valence electrons. The molecule has 7 nitrogen and oxygen atoms in total. The quantitative estimate of drug-likeness (QED) is 0.635. The van der Waals surface area contributed by atoms with Gasteiger partial charge >= 0.3 is 11.9 Å². The van der Waals surface area contributed by atoms with Gasteiger partial charge in [-0.1, -0.05) is 6.07 Å².